The lowest BCUT2D eigenvalue weighted by atomic mass is 9.97. The van der Waals surface area contributed by atoms with Crippen LogP contribution in [-0.2, 0) is 7.05 Å². The maximum absolute atomic E-state index is 4.07. The number of fused-ring (bicyclic) bond motifs is 3. The number of nitrogens with zero attached hydrogens (tertiary/aromatic N) is 5. The molecular formula is C12H22N6. The molecule has 100 valence electrons. The Hall–Kier alpha value is -0.980. The summed E-state index contributed by atoms with van der Waals surface area (Å²) in [7, 11) is 1.98. The lowest BCUT2D eigenvalue weighted by Gasteiger charge is -2.50. The molecule has 0 spiro atoms. The Bertz CT molecular complexity index is 395. The molecule has 6 heteroatoms. The molecule has 0 aromatic carbocycles. The van der Waals surface area contributed by atoms with Crippen molar-refractivity contribution >= 4 is 0 Å². The van der Waals surface area contributed by atoms with Crippen LogP contribution in [-0.4, -0.2) is 70.1 Å². The largest absolute Gasteiger partial charge is 0.308 e. The number of piperazine rings is 3. The van der Waals surface area contributed by atoms with Gasteiger partial charge in [0.1, 0.15) is 0 Å². The number of hydrogen-bond acceptors (Lipinski definition) is 5. The summed E-state index contributed by atoms with van der Waals surface area (Å²) in [6.45, 7) is 9.12. The van der Waals surface area contributed by atoms with Crippen LogP contribution in [0.15, 0.2) is 6.20 Å². The first-order valence-electron chi connectivity index (χ1n) is 6.84. The number of likely N-dealkylation sites (N-methyl/N-ethyl adjacent to an activating group) is 1. The summed E-state index contributed by atoms with van der Waals surface area (Å²) in [5, 5.41) is 11.7. The standard InChI is InChI=1S/C12H22N6/c1-3-13-12(10-8-14-15-16(10)2)11-9-17-4-6-18(11)7-5-17/h8,11-13H,3-7,9H2,1-2H3. The molecule has 2 bridgehead atoms. The fourth-order valence-electron chi connectivity index (χ4n) is 3.21. The van der Waals surface area contributed by atoms with E-state index in [4.69, 9.17) is 0 Å². The maximum Gasteiger partial charge on any atom is 0.0769 e. The van der Waals surface area contributed by atoms with Gasteiger partial charge in [-0.1, -0.05) is 12.1 Å². The van der Waals surface area contributed by atoms with E-state index in [-0.39, 0.29) is 0 Å². The van der Waals surface area contributed by atoms with E-state index in [1.807, 2.05) is 17.9 Å². The van der Waals surface area contributed by atoms with Gasteiger partial charge in [-0.25, -0.2) is 0 Å². The zero-order chi connectivity index (χ0) is 12.5. The number of hydrogen-bond donors (Lipinski definition) is 1. The first kappa shape index (κ1) is 12.1. The Kier molecular flexibility index (Phi) is 3.32. The molecule has 1 N–H and O–H groups in total. The van der Waals surface area contributed by atoms with Crippen LogP contribution in [0.3, 0.4) is 0 Å². The van der Waals surface area contributed by atoms with Gasteiger partial charge in [-0.05, 0) is 6.54 Å². The molecule has 0 aliphatic carbocycles. The first-order chi connectivity index (χ1) is 8.79. The van der Waals surface area contributed by atoms with E-state index < -0.39 is 0 Å². The number of rotatable bonds is 4. The predicted molar refractivity (Wildman–Crippen MR) is 69.2 cm³/mol. The second-order valence-corrected chi connectivity index (χ2v) is 5.22. The first-order valence-corrected chi connectivity index (χ1v) is 6.84. The van der Waals surface area contributed by atoms with Crippen LogP contribution in [0.25, 0.3) is 0 Å². The normalized spacial score (nSPS) is 32.7. The monoisotopic (exact) mass is 250 g/mol. The van der Waals surface area contributed by atoms with Crippen molar-refractivity contribution in [1.82, 2.24) is 30.1 Å². The minimum Gasteiger partial charge on any atom is -0.308 e. The fourth-order valence-corrected chi connectivity index (χ4v) is 3.21. The van der Waals surface area contributed by atoms with E-state index in [2.05, 4.69) is 32.4 Å². The van der Waals surface area contributed by atoms with Crippen molar-refractivity contribution in [2.45, 2.75) is 19.0 Å². The number of aryl methyl sites for hydroxylation is 1. The highest BCUT2D eigenvalue weighted by Crippen LogP contribution is 2.26. The smallest absolute Gasteiger partial charge is 0.0769 e. The summed E-state index contributed by atoms with van der Waals surface area (Å²) in [6, 6.07) is 0.878. The van der Waals surface area contributed by atoms with Gasteiger partial charge in [0.15, 0.2) is 0 Å². The van der Waals surface area contributed by atoms with E-state index in [1.54, 1.807) is 0 Å². The molecule has 1 aromatic rings. The third-order valence-electron chi connectivity index (χ3n) is 4.20. The van der Waals surface area contributed by atoms with E-state index in [0.717, 1.165) is 13.1 Å². The second-order valence-electron chi connectivity index (χ2n) is 5.22. The van der Waals surface area contributed by atoms with E-state index >= 15 is 0 Å². The summed E-state index contributed by atoms with van der Waals surface area (Å²) in [5.74, 6) is 0. The fraction of sp³-hybridized carbons (Fsp3) is 0.833. The Morgan fingerprint density at radius 2 is 2.17 bits per heavy atom. The molecular weight excluding hydrogens is 228 g/mol. The van der Waals surface area contributed by atoms with Crippen molar-refractivity contribution < 1.29 is 0 Å². The van der Waals surface area contributed by atoms with Gasteiger partial charge in [-0.2, -0.15) is 0 Å². The second kappa shape index (κ2) is 4.95. The maximum atomic E-state index is 4.07. The van der Waals surface area contributed by atoms with Gasteiger partial charge >= 0.3 is 0 Å². The van der Waals surface area contributed by atoms with Crippen LogP contribution in [0.5, 0.6) is 0 Å². The lowest BCUT2D eigenvalue weighted by Crippen LogP contribution is -2.64. The molecule has 4 rings (SSSR count). The Morgan fingerprint density at radius 3 is 2.67 bits per heavy atom. The van der Waals surface area contributed by atoms with E-state index in [1.165, 1.54) is 31.9 Å². The molecule has 0 saturated carbocycles. The summed E-state index contributed by atoms with van der Waals surface area (Å²) in [6.07, 6.45) is 1.89. The summed E-state index contributed by atoms with van der Waals surface area (Å²) < 4.78 is 1.89. The molecule has 3 aliphatic heterocycles. The molecule has 18 heavy (non-hydrogen) atoms. The molecule has 6 nitrogen and oxygen atoms in total. The summed E-state index contributed by atoms with van der Waals surface area (Å²) in [4.78, 5) is 5.18. The molecule has 3 aliphatic rings. The van der Waals surface area contributed by atoms with Gasteiger partial charge < -0.3 is 5.32 Å². The van der Waals surface area contributed by atoms with Crippen LogP contribution in [0.2, 0.25) is 0 Å². The van der Waals surface area contributed by atoms with Crippen molar-refractivity contribution in [3.8, 4) is 0 Å². The van der Waals surface area contributed by atoms with Crippen molar-refractivity contribution in [3.05, 3.63) is 11.9 Å². The zero-order valence-electron chi connectivity index (χ0n) is 11.2. The molecule has 0 amide bonds. The third kappa shape index (κ3) is 2.04. The highest BCUT2D eigenvalue weighted by Gasteiger charge is 2.38. The molecule has 4 heterocycles. The number of nitrogens with one attached hydrogen (secondary N) is 1. The molecule has 1 aromatic heterocycles. The van der Waals surface area contributed by atoms with Gasteiger partial charge in [0.05, 0.1) is 17.9 Å². The van der Waals surface area contributed by atoms with Crippen molar-refractivity contribution in [1.29, 1.82) is 0 Å². The van der Waals surface area contributed by atoms with E-state index in [0.29, 0.717) is 12.1 Å². The Balaban J connectivity index is 1.84. The molecule has 0 radical (unpaired) electrons. The van der Waals surface area contributed by atoms with Crippen LogP contribution >= 0.6 is 0 Å². The minimum absolute atomic E-state index is 0.332. The van der Waals surface area contributed by atoms with Crippen molar-refractivity contribution in [2.75, 3.05) is 39.3 Å². The van der Waals surface area contributed by atoms with Crippen LogP contribution in [0, 0.1) is 0 Å². The quantitative estimate of drug-likeness (QED) is 0.778. The minimum atomic E-state index is 0.332. The van der Waals surface area contributed by atoms with Gasteiger partial charge in [-0.15, -0.1) is 5.10 Å². The third-order valence-corrected chi connectivity index (χ3v) is 4.20. The summed E-state index contributed by atoms with van der Waals surface area (Å²) >= 11 is 0. The van der Waals surface area contributed by atoms with Gasteiger partial charge in [-0.3, -0.25) is 14.5 Å². The topological polar surface area (TPSA) is 49.2 Å². The molecule has 3 saturated heterocycles. The summed E-state index contributed by atoms with van der Waals surface area (Å²) in [5.41, 5.74) is 1.19. The van der Waals surface area contributed by atoms with Crippen LogP contribution in [0.1, 0.15) is 18.7 Å². The number of aromatic nitrogens is 3. The zero-order valence-corrected chi connectivity index (χ0v) is 11.2. The van der Waals surface area contributed by atoms with Crippen molar-refractivity contribution in [3.63, 3.8) is 0 Å². The SMILES string of the molecule is CCNC(c1cnnn1C)C1CN2CCN1CC2. The Labute approximate surface area is 108 Å². The van der Waals surface area contributed by atoms with Gasteiger partial charge in [0.2, 0.25) is 0 Å². The van der Waals surface area contributed by atoms with Crippen LogP contribution in [0.4, 0.5) is 0 Å². The predicted octanol–water partition coefficient (Wildman–Crippen LogP) is -0.534. The van der Waals surface area contributed by atoms with Crippen LogP contribution < -0.4 is 5.32 Å². The average Bonchev–Trinajstić information content (AvgIpc) is 2.83. The Morgan fingerprint density at radius 1 is 1.39 bits per heavy atom. The van der Waals surface area contributed by atoms with Gasteiger partial charge in [0.25, 0.3) is 0 Å². The molecule has 2 unspecified atom stereocenters. The molecule has 3 fully saturated rings. The van der Waals surface area contributed by atoms with E-state index in [9.17, 15) is 0 Å². The highest BCUT2D eigenvalue weighted by atomic mass is 15.4. The lowest BCUT2D eigenvalue weighted by molar-refractivity contribution is -0.00460. The highest BCUT2D eigenvalue weighted by molar-refractivity contribution is 5.09. The molecule has 2 atom stereocenters. The van der Waals surface area contributed by atoms with Gasteiger partial charge in [0, 0.05) is 45.8 Å². The van der Waals surface area contributed by atoms with Crippen molar-refractivity contribution in [2.24, 2.45) is 7.05 Å². The average molecular weight is 250 g/mol.